The number of hydrogen-bond acceptors (Lipinski definition) is 4. The first-order valence-electron chi connectivity index (χ1n) is 7.31. The van der Waals surface area contributed by atoms with E-state index in [0.717, 1.165) is 25.0 Å². The maximum absolute atomic E-state index is 5.87. The Morgan fingerprint density at radius 2 is 2.00 bits per heavy atom. The Balaban J connectivity index is 1.35. The zero-order valence-electron chi connectivity index (χ0n) is 12.1. The monoisotopic (exact) mass is 278 g/mol. The van der Waals surface area contributed by atoms with Crippen LogP contribution in [0.1, 0.15) is 33.1 Å². The Kier molecular flexibility index (Phi) is 3.96. The molecule has 20 heavy (non-hydrogen) atoms. The lowest BCUT2D eigenvalue weighted by Gasteiger charge is -2.20. The Labute approximate surface area is 120 Å². The molecule has 0 bridgehead atoms. The van der Waals surface area contributed by atoms with Crippen LogP contribution in [0.3, 0.4) is 0 Å². The highest BCUT2D eigenvalue weighted by Gasteiger charge is 2.48. The minimum absolute atomic E-state index is 0.0880. The van der Waals surface area contributed by atoms with Crippen molar-refractivity contribution in [3.8, 4) is 5.75 Å². The lowest BCUT2D eigenvalue weighted by Crippen LogP contribution is -2.24. The molecule has 2 heterocycles. The van der Waals surface area contributed by atoms with Gasteiger partial charge in [-0.1, -0.05) is 18.2 Å². The lowest BCUT2D eigenvalue weighted by atomic mass is 10.1. The SMILES string of the molecule is CC1(C)O[C@H]2O[C@@H](CCCOc3ccccc3)C[C@H]2O1. The van der Waals surface area contributed by atoms with Crippen LogP contribution >= 0.6 is 0 Å². The van der Waals surface area contributed by atoms with Gasteiger partial charge in [-0.3, -0.25) is 0 Å². The van der Waals surface area contributed by atoms with Gasteiger partial charge in [-0.25, -0.2) is 0 Å². The van der Waals surface area contributed by atoms with Crippen molar-refractivity contribution in [2.45, 2.75) is 57.4 Å². The average Bonchev–Trinajstić information content (AvgIpc) is 2.89. The van der Waals surface area contributed by atoms with Gasteiger partial charge in [0.05, 0.1) is 12.7 Å². The first-order chi connectivity index (χ1) is 9.62. The van der Waals surface area contributed by atoms with Gasteiger partial charge in [0.2, 0.25) is 0 Å². The molecule has 3 atom stereocenters. The summed E-state index contributed by atoms with van der Waals surface area (Å²) < 4.78 is 23.0. The normalized spacial score (nSPS) is 31.2. The summed E-state index contributed by atoms with van der Waals surface area (Å²) in [6, 6.07) is 9.89. The summed E-state index contributed by atoms with van der Waals surface area (Å²) in [7, 11) is 0. The number of hydrogen-bond donors (Lipinski definition) is 0. The quantitative estimate of drug-likeness (QED) is 0.775. The van der Waals surface area contributed by atoms with Crippen LogP contribution in [0.2, 0.25) is 0 Å². The van der Waals surface area contributed by atoms with Crippen molar-refractivity contribution in [2.24, 2.45) is 0 Å². The maximum atomic E-state index is 5.87. The lowest BCUT2D eigenvalue weighted by molar-refractivity contribution is -0.205. The van der Waals surface area contributed by atoms with Crippen LogP contribution < -0.4 is 4.74 Å². The number of para-hydroxylation sites is 1. The number of benzene rings is 1. The van der Waals surface area contributed by atoms with Crippen molar-refractivity contribution in [3.05, 3.63) is 30.3 Å². The van der Waals surface area contributed by atoms with Gasteiger partial charge in [-0.2, -0.15) is 0 Å². The number of ether oxygens (including phenoxy) is 4. The molecule has 0 N–H and O–H groups in total. The molecule has 3 rings (SSSR count). The van der Waals surface area contributed by atoms with Crippen molar-refractivity contribution in [1.29, 1.82) is 0 Å². The molecule has 0 aromatic heterocycles. The molecule has 0 spiro atoms. The van der Waals surface area contributed by atoms with E-state index in [4.69, 9.17) is 18.9 Å². The highest BCUT2D eigenvalue weighted by molar-refractivity contribution is 5.20. The summed E-state index contributed by atoms with van der Waals surface area (Å²) in [4.78, 5) is 0. The van der Waals surface area contributed by atoms with E-state index in [1.54, 1.807) is 0 Å². The van der Waals surface area contributed by atoms with Crippen molar-refractivity contribution in [3.63, 3.8) is 0 Å². The van der Waals surface area contributed by atoms with Gasteiger partial charge in [0.25, 0.3) is 0 Å². The van der Waals surface area contributed by atoms with E-state index in [2.05, 4.69) is 0 Å². The van der Waals surface area contributed by atoms with Crippen LogP contribution in [0.4, 0.5) is 0 Å². The van der Waals surface area contributed by atoms with Crippen LogP contribution in [0.15, 0.2) is 30.3 Å². The smallest absolute Gasteiger partial charge is 0.187 e. The predicted octanol–water partition coefficient (Wildman–Crippen LogP) is 3.11. The second-order valence-electron chi connectivity index (χ2n) is 5.84. The molecule has 2 fully saturated rings. The fourth-order valence-electron chi connectivity index (χ4n) is 2.79. The van der Waals surface area contributed by atoms with Gasteiger partial charge in [-0.15, -0.1) is 0 Å². The van der Waals surface area contributed by atoms with Crippen molar-refractivity contribution < 1.29 is 18.9 Å². The van der Waals surface area contributed by atoms with Crippen LogP contribution in [0.25, 0.3) is 0 Å². The van der Waals surface area contributed by atoms with Gasteiger partial charge >= 0.3 is 0 Å². The largest absolute Gasteiger partial charge is 0.494 e. The Hall–Kier alpha value is -1.10. The topological polar surface area (TPSA) is 36.9 Å². The minimum Gasteiger partial charge on any atom is -0.494 e. The third kappa shape index (κ3) is 3.32. The van der Waals surface area contributed by atoms with Crippen molar-refractivity contribution >= 4 is 0 Å². The molecule has 1 aromatic rings. The van der Waals surface area contributed by atoms with Gasteiger partial charge in [-0.05, 0) is 38.8 Å². The third-order valence-corrected chi connectivity index (χ3v) is 3.64. The Morgan fingerprint density at radius 1 is 1.20 bits per heavy atom. The second-order valence-corrected chi connectivity index (χ2v) is 5.84. The molecule has 0 aliphatic carbocycles. The van der Waals surface area contributed by atoms with Gasteiger partial charge < -0.3 is 18.9 Å². The summed E-state index contributed by atoms with van der Waals surface area (Å²) in [6.45, 7) is 4.57. The molecular formula is C16H22O4. The highest BCUT2D eigenvalue weighted by Crippen LogP contribution is 2.38. The van der Waals surface area contributed by atoms with Crippen LogP contribution in [-0.4, -0.2) is 30.9 Å². The molecule has 0 saturated carbocycles. The first kappa shape index (κ1) is 13.9. The summed E-state index contributed by atoms with van der Waals surface area (Å²) in [6.07, 6.45) is 2.99. The van der Waals surface area contributed by atoms with Crippen LogP contribution in [-0.2, 0) is 14.2 Å². The molecule has 0 radical (unpaired) electrons. The van der Waals surface area contributed by atoms with Gasteiger partial charge in [0.1, 0.15) is 11.9 Å². The van der Waals surface area contributed by atoms with Crippen molar-refractivity contribution in [1.82, 2.24) is 0 Å². The number of fused-ring (bicyclic) bond motifs is 1. The Morgan fingerprint density at radius 3 is 2.75 bits per heavy atom. The highest BCUT2D eigenvalue weighted by atomic mass is 16.8. The first-order valence-corrected chi connectivity index (χ1v) is 7.31. The van der Waals surface area contributed by atoms with E-state index in [1.807, 2.05) is 44.2 Å². The molecular weight excluding hydrogens is 256 g/mol. The summed E-state index contributed by atoms with van der Waals surface area (Å²) >= 11 is 0. The van der Waals surface area contributed by atoms with E-state index < -0.39 is 5.79 Å². The molecule has 0 unspecified atom stereocenters. The summed E-state index contributed by atoms with van der Waals surface area (Å²) in [5, 5.41) is 0. The average molecular weight is 278 g/mol. The summed E-state index contributed by atoms with van der Waals surface area (Å²) in [5.41, 5.74) is 0. The zero-order chi connectivity index (χ0) is 14.0. The summed E-state index contributed by atoms with van der Waals surface area (Å²) in [5.74, 6) is 0.418. The molecule has 0 amide bonds. The fourth-order valence-corrected chi connectivity index (χ4v) is 2.79. The molecule has 2 aliphatic rings. The second kappa shape index (κ2) is 5.72. The van der Waals surface area contributed by atoms with Crippen LogP contribution in [0, 0.1) is 0 Å². The van der Waals surface area contributed by atoms with E-state index in [-0.39, 0.29) is 18.5 Å². The van der Waals surface area contributed by atoms with Gasteiger partial charge in [0.15, 0.2) is 12.1 Å². The third-order valence-electron chi connectivity index (χ3n) is 3.64. The van der Waals surface area contributed by atoms with Crippen molar-refractivity contribution in [2.75, 3.05) is 6.61 Å². The van der Waals surface area contributed by atoms with E-state index >= 15 is 0 Å². The van der Waals surface area contributed by atoms with E-state index in [9.17, 15) is 0 Å². The number of rotatable bonds is 5. The maximum Gasteiger partial charge on any atom is 0.187 e. The molecule has 4 nitrogen and oxygen atoms in total. The predicted molar refractivity (Wildman–Crippen MR) is 74.5 cm³/mol. The Bertz CT molecular complexity index is 415. The van der Waals surface area contributed by atoms with Gasteiger partial charge in [0, 0.05) is 6.42 Å². The molecule has 2 aliphatic heterocycles. The molecule has 4 heteroatoms. The zero-order valence-corrected chi connectivity index (χ0v) is 12.1. The fraction of sp³-hybridized carbons (Fsp3) is 0.625. The van der Waals surface area contributed by atoms with Crippen LogP contribution in [0.5, 0.6) is 5.75 Å². The molecule has 1 aromatic carbocycles. The van der Waals surface area contributed by atoms with E-state index in [1.165, 1.54) is 0 Å². The minimum atomic E-state index is -0.503. The standard InChI is InChI=1S/C16H22O4/c1-16(2)19-14-11-13(18-15(14)20-16)9-6-10-17-12-7-4-3-5-8-12/h3-5,7-8,13-15H,6,9-11H2,1-2H3/t13-,14+,15+/m0/s1. The molecule has 2 saturated heterocycles. The van der Waals surface area contributed by atoms with E-state index in [0.29, 0.717) is 6.61 Å². The molecule has 110 valence electrons.